The SMILES string of the molecule is CCCc1cc(-c2ccc(OCCOC)cc2)c(N)c(C(=O)O)c1C. The molecular formula is C20H25NO4. The van der Waals surface area contributed by atoms with Crippen LogP contribution >= 0.6 is 0 Å². The highest BCUT2D eigenvalue weighted by Gasteiger charge is 2.19. The summed E-state index contributed by atoms with van der Waals surface area (Å²) in [5.74, 6) is -0.257. The summed E-state index contributed by atoms with van der Waals surface area (Å²) < 4.78 is 10.5. The van der Waals surface area contributed by atoms with Gasteiger partial charge in [-0.1, -0.05) is 25.5 Å². The Bertz CT molecular complexity index is 738. The summed E-state index contributed by atoms with van der Waals surface area (Å²) in [5, 5.41) is 9.56. The van der Waals surface area contributed by atoms with Gasteiger partial charge in [-0.3, -0.25) is 0 Å². The van der Waals surface area contributed by atoms with Crippen LogP contribution < -0.4 is 10.5 Å². The lowest BCUT2D eigenvalue weighted by Gasteiger charge is -2.16. The van der Waals surface area contributed by atoms with Gasteiger partial charge in [0.15, 0.2) is 0 Å². The fourth-order valence-electron chi connectivity index (χ4n) is 2.87. The number of carboxylic acids is 1. The van der Waals surface area contributed by atoms with E-state index in [1.165, 1.54) is 0 Å². The number of hydrogen-bond donors (Lipinski definition) is 2. The van der Waals surface area contributed by atoms with Gasteiger partial charge < -0.3 is 20.3 Å². The number of nitrogens with two attached hydrogens (primary N) is 1. The maximum Gasteiger partial charge on any atom is 0.338 e. The molecule has 0 spiro atoms. The van der Waals surface area contributed by atoms with Gasteiger partial charge in [0.25, 0.3) is 0 Å². The van der Waals surface area contributed by atoms with Crippen LogP contribution in [0.25, 0.3) is 11.1 Å². The molecule has 3 N–H and O–H groups in total. The van der Waals surface area contributed by atoms with Crippen LogP contribution in [0.5, 0.6) is 5.75 Å². The Hall–Kier alpha value is -2.53. The Labute approximate surface area is 148 Å². The first-order chi connectivity index (χ1) is 12.0. The molecule has 0 saturated heterocycles. The van der Waals surface area contributed by atoms with Gasteiger partial charge in [0.05, 0.1) is 17.9 Å². The molecule has 0 atom stereocenters. The second-order valence-electron chi connectivity index (χ2n) is 5.92. The Morgan fingerprint density at radius 1 is 1.20 bits per heavy atom. The number of methoxy groups -OCH3 is 1. The van der Waals surface area contributed by atoms with E-state index < -0.39 is 5.97 Å². The van der Waals surface area contributed by atoms with E-state index in [1.54, 1.807) is 7.11 Å². The summed E-state index contributed by atoms with van der Waals surface area (Å²) >= 11 is 0. The molecule has 0 aliphatic rings. The minimum absolute atomic E-state index is 0.196. The Balaban J connectivity index is 2.42. The maximum absolute atomic E-state index is 11.7. The van der Waals surface area contributed by atoms with Crippen LogP contribution in [0.3, 0.4) is 0 Å². The fraction of sp³-hybridized carbons (Fsp3) is 0.350. The van der Waals surface area contributed by atoms with Gasteiger partial charge in [0.2, 0.25) is 0 Å². The van der Waals surface area contributed by atoms with Crippen molar-refractivity contribution in [2.45, 2.75) is 26.7 Å². The van der Waals surface area contributed by atoms with Crippen molar-refractivity contribution < 1.29 is 19.4 Å². The second-order valence-corrected chi connectivity index (χ2v) is 5.92. The minimum Gasteiger partial charge on any atom is -0.491 e. The van der Waals surface area contributed by atoms with E-state index in [2.05, 4.69) is 6.92 Å². The van der Waals surface area contributed by atoms with Crippen molar-refractivity contribution in [1.82, 2.24) is 0 Å². The molecule has 0 saturated carbocycles. The molecule has 25 heavy (non-hydrogen) atoms. The molecule has 0 unspecified atom stereocenters. The van der Waals surface area contributed by atoms with Crippen LogP contribution in [0, 0.1) is 6.92 Å². The van der Waals surface area contributed by atoms with E-state index in [-0.39, 0.29) is 5.56 Å². The first-order valence-electron chi connectivity index (χ1n) is 8.37. The van der Waals surface area contributed by atoms with E-state index in [0.717, 1.165) is 40.8 Å². The number of aromatic carboxylic acids is 1. The van der Waals surface area contributed by atoms with Crippen molar-refractivity contribution in [2.24, 2.45) is 0 Å². The molecule has 0 amide bonds. The monoisotopic (exact) mass is 343 g/mol. The van der Waals surface area contributed by atoms with Crippen molar-refractivity contribution in [1.29, 1.82) is 0 Å². The third kappa shape index (κ3) is 4.31. The van der Waals surface area contributed by atoms with Gasteiger partial charge in [0, 0.05) is 12.7 Å². The number of anilines is 1. The molecule has 0 bridgehead atoms. The van der Waals surface area contributed by atoms with Gasteiger partial charge in [-0.05, 0) is 48.2 Å². The molecule has 5 heteroatoms. The van der Waals surface area contributed by atoms with Gasteiger partial charge in [-0.2, -0.15) is 0 Å². The summed E-state index contributed by atoms with van der Waals surface area (Å²) in [7, 11) is 1.63. The molecule has 2 aromatic carbocycles. The highest BCUT2D eigenvalue weighted by Crippen LogP contribution is 2.34. The third-order valence-electron chi connectivity index (χ3n) is 4.19. The predicted molar refractivity (Wildman–Crippen MR) is 99.4 cm³/mol. The zero-order chi connectivity index (χ0) is 18.4. The van der Waals surface area contributed by atoms with Crippen molar-refractivity contribution in [3.63, 3.8) is 0 Å². The van der Waals surface area contributed by atoms with Crippen LogP contribution in [0.2, 0.25) is 0 Å². The van der Waals surface area contributed by atoms with Gasteiger partial charge in [0.1, 0.15) is 12.4 Å². The Morgan fingerprint density at radius 2 is 1.88 bits per heavy atom. The van der Waals surface area contributed by atoms with E-state index in [9.17, 15) is 9.90 Å². The van der Waals surface area contributed by atoms with Gasteiger partial charge in [-0.15, -0.1) is 0 Å². The lowest BCUT2D eigenvalue weighted by atomic mass is 9.91. The average Bonchev–Trinajstić information content (AvgIpc) is 2.58. The number of hydrogen-bond acceptors (Lipinski definition) is 4. The second kappa shape index (κ2) is 8.53. The fourth-order valence-corrected chi connectivity index (χ4v) is 2.87. The van der Waals surface area contributed by atoms with E-state index in [1.807, 2.05) is 37.3 Å². The molecule has 0 aliphatic carbocycles. The average molecular weight is 343 g/mol. The molecule has 0 heterocycles. The van der Waals surface area contributed by atoms with E-state index in [4.69, 9.17) is 15.2 Å². The zero-order valence-electron chi connectivity index (χ0n) is 15.0. The van der Waals surface area contributed by atoms with Crippen LogP contribution in [-0.2, 0) is 11.2 Å². The zero-order valence-corrected chi connectivity index (χ0v) is 15.0. The molecule has 2 rings (SSSR count). The van der Waals surface area contributed by atoms with Crippen LogP contribution in [0.4, 0.5) is 5.69 Å². The Kier molecular flexibility index (Phi) is 6.42. The number of carbonyl (C=O) groups is 1. The van der Waals surface area contributed by atoms with Crippen LogP contribution in [-0.4, -0.2) is 31.4 Å². The normalized spacial score (nSPS) is 10.7. The molecular weight excluding hydrogens is 318 g/mol. The standard InChI is InChI=1S/C20H25NO4/c1-4-5-15-12-17(19(21)18(13(15)2)20(22)23)14-6-8-16(9-7-14)25-11-10-24-3/h6-9,12H,4-5,10-11,21H2,1-3H3,(H,22,23). The molecule has 2 aromatic rings. The summed E-state index contributed by atoms with van der Waals surface area (Å²) in [6, 6.07) is 9.49. The predicted octanol–water partition coefficient (Wildman–Crippen LogP) is 3.92. The van der Waals surface area contributed by atoms with Gasteiger partial charge >= 0.3 is 5.97 Å². The first-order valence-corrected chi connectivity index (χ1v) is 8.37. The molecule has 5 nitrogen and oxygen atoms in total. The van der Waals surface area contributed by atoms with E-state index >= 15 is 0 Å². The Morgan fingerprint density at radius 3 is 2.44 bits per heavy atom. The molecule has 0 radical (unpaired) electrons. The topological polar surface area (TPSA) is 81.8 Å². The molecule has 0 fully saturated rings. The summed E-state index contributed by atoms with van der Waals surface area (Å²) in [6.45, 7) is 4.89. The quantitative estimate of drug-likeness (QED) is 0.561. The highest BCUT2D eigenvalue weighted by atomic mass is 16.5. The molecule has 0 aromatic heterocycles. The number of ether oxygens (including phenoxy) is 2. The lowest BCUT2D eigenvalue weighted by molar-refractivity contribution is 0.0697. The number of carboxylic acid groups (broad SMARTS) is 1. The maximum atomic E-state index is 11.7. The summed E-state index contributed by atoms with van der Waals surface area (Å²) in [5.41, 5.74) is 10.1. The van der Waals surface area contributed by atoms with Crippen LogP contribution in [0.1, 0.15) is 34.8 Å². The van der Waals surface area contributed by atoms with Crippen molar-refractivity contribution in [3.8, 4) is 16.9 Å². The van der Waals surface area contributed by atoms with Crippen LogP contribution in [0.15, 0.2) is 30.3 Å². The highest BCUT2D eigenvalue weighted by molar-refractivity contribution is 6.00. The minimum atomic E-state index is -0.992. The summed E-state index contributed by atoms with van der Waals surface area (Å²) in [6.07, 6.45) is 1.76. The molecule has 0 aliphatic heterocycles. The number of aryl methyl sites for hydroxylation is 1. The smallest absolute Gasteiger partial charge is 0.338 e. The van der Waals surface area contributed by atoms with E-state index in [0.29, 0.717) is 18.9 Å². The van der Waals surface area contributed by atoms with Gasteiger partial charge in [-0.25, -0.2) is 4.79 Å². The lowest BCUT2D eigenvalue weighted by Crippen LogP contribution is -2.09. The number of nitrogen functional groups attached to an aromatic ring is 1. The third-order valence-corrected chi connectivity index (χ3v) is 4.19. The largest absolute Gasteiger partial charge is 0.491 e. The summed E-state index contributed by atoms with van der Waals surface area (Å²) in [4.78, 5) is 11.7. The number of rotatable bonds is 8. The first kappa shape index (κ1) is 18.8. The molecule has 134 valence electrons. The van der Waals surface area contributed by atoms with Crippen molar-refractivity contribution in [3.05, 3.63) is 47.0 Å². The van der Waals surface area contributed by atoms with Crippen molar-refractivity contribution >= 4 is 11.7 Å². The van der Waals surface area contributed by atoms with Crippen molar-refractivity contribution in [2.75, 3.05) is 26.1 Å². The number of benzene rings is 2.